The molecule has 0 fully saturated rings. The van der Waals surface area contributed by atoms with Crippen molar-refractivity contribution >= 4 is 45.1 Å². The normalized spacial score (nSPS) is 11.4. The first-order valence-electron chi connectivity index (χ1n) is 8.21. The van der Waals surface area contributed by atoms with Crippen LogP contribution in [0.2, 0.25) is 0 Å². The van der Waals surface area contributed by atoms with E-state index in [9.17, 15) is 13.2 Å². The number of carbonyl (C=O) groups excluding carboxylic acids is 1. The molecule has 8 heteroatoms. The molecule has 0 aliphatic carbocycles. The molecule has 1 heterocycles. The number of sulfone groups is 1. The van der Waals surface area contributed by atoms with Crippen molar-refractivity contribution in [3.63, 3.8) is 0 Å². The number of carbonyl (C=O) groups is 1. The van der Waals surface area contributed by atoms with Crippen LogP contribution in [0.5, 0.6) is 0 Å². The highest BCUT2D eigenvalue weighted by Gasteiger charge is 2.25. The number of nitrogen functional groups attached to an aromatic ring is 1. The lowest BCUT2D eigenvalue weighted by Crippen LogP contribution is -2.08. The number of benzene rings is 2. The molecule has 3 N–H and O–H groups in total. The van der Waals surface area contributed by atoms with Crippen molar-refractivity contribution in [2.24, 2.45) is 5.73 Å². The van der Waals surface area contributed by atoms with E-state index in [1.54, 1.807) is 36.6 Å². The van der Waals surface area contributed by atoms with Crippen LogP contribution in [0.25, 0.3) is 11.1 Å². The van der Waals surface area contributed by atoms with Gasteiger partial charge in [0.05, 0.1) is 18.9 Å². The molecule has 0 aliphatic rings. The van der Waals surface area contributed by atoms with Gasteiger partial charge in [-0.2, -0.15) is 0 Å². The Morgan fingerprint density at radius 1 is 1.18 bits per heavy atom. The fourth-order valence-corrected chi connectivity index (χ4v) is 6.70. The molecule has 5 nitrogen and oxygen atoms in total. The van der Waals surface area contributed by atoms with Crippen molar-refractivity contribution < 1.29 is 13.2 Å². The fourth-order valence-electron chi connectivity index (χ4n) is 2.80. The molecular weight excluding hydrogens is 412 g/mol. The van der Waals surface area contributed by atoms with Crippen molar-refractivity contribution in [2.75, 3.05) is 6.26 Å². The highest BCUT2D eigenvalue weighted by Crippen LogP contribution is 2.37. The molecule has 3 aromatic rings. The summed E-state index contributed by atoms with van der Waals surface area (Å²) >= 11 is 2.50. The minimum Gasteiger partial charge on any atom is -0.383 e. The lowest BCUT2D eigenvalue weighted by Gasteiger charge is -2.10. The number of hydrogen-bond acceptors (Lipinski definition) is 6. The highest BCUT2D eigenvalue weighted by atomic mass is 32.2. The number of nitrogens with one attached hydrogen (secondary N) is 1. The number of hydrogen-bond donors (Lipinski definition) is 2. The van der Waals surface area contributed by atoms with Gasteiger partial charge in [-0.1, -0.05) is 24.3 Å². The van der Waals surface area contributed by atoms with Crippen LogP contribution in [0.15, 0.2) is 62.5 Å². The Kier molecular flexibility index (Phi) is 5.74. The van der Waals surface area contributed by atoms with Crippen LogP contribution >= 0.6 is 23.1 Å². The second kappa shape index (κ2) is 7.90. The number of thiophene rings is 1. The number of aryl methyl sites for hydroxylation is 1. The molecule has 28 heavy (non-hydrogen) atoms. The van der Waals surface area contributed by atoms with E-state index in [4.69, 9.17) is 11.1 Å². The van der Waals surface area contributed by atoms with Gasteiger partial charge in [0.15, 0.2) is 0 Å². The molecule has 144 valence electrons. The van der Waals surface area contributed by atoms with Crippen LogP contribution in [0.3, 0.4) is 0 Å². The third-order valence-corrected chi connectivity index (χ3v) is 8.60. The summed E-state index contributed by atoms with van der Waals surface area (Å²) < 4.78 is 27.1. The summed E-state index contributed by atoms with van der Waals surface area (Å²) in [5.41, 5.74) is 8.54. The van der Waals surface area contributed by atoms with E-state index in [1.807, 2.05) is 19.1 Å². The predicted octanol–water partition coefficient (Wildman–Crippen LogP) is 4.37. The summed E-state index contributed by atoms with van der Waals surface area (Å²) in [5, 5.41) is 7.59. The molecule has 3 rings (SSSR count). The van der Waals surface area contributed by atoms with E-state index in [0.717, 1.165) is 23.0 Å². The van der Waals surface area contributed by atoms with E-state index < -0.39 is 9.84 Å². The average Bonchev–Trinajstić information content (AvgIpc) is 3.14. The topological polar surface area (TPSA) is 101 Å². The molecule has 0 atom stereocenters. The molecule has 0 amide bonds. The van der Waals surface area contributed by atoms with Gasteiger partial charge >= 0.3 is 0 Å². The Labute approximate surface area is 172 Å². The van der Waals surface area contributed by atoms with Crippen LogP contribution in [0.4, 0.5) is 0 Å². The third kappa shape index (κ3) is 3.76. The van der Waals surface area contributed by atoms with E-state index in [2.05, 4.69) is 0 Å². The van der Waals surface area contributed by atoms with E-state index >= 15 is 0 Å². The lowest BCUT2D eigenvalue weighted by atomic mass is 9.98. The maximum absolute atomic E-state index is 13.3. The zero-order valence-electron chi connectivity index (χ0n) is 15.2. The first-order chi connectivity index (χ1) is 13.3. The highest BCUT2D eigenvalue weighted by molar-refractivity contribution is 8.01. The number of aldehydes is 1. The average molecular weight is 431 g/mol. The summed E-state index contributed by atoms with van der Waals surface area (Å²) in [5.74, 6) is -0.156. The molecular formula is C20H18N2O3S3. The number of nitrogens with two attached hydrogens (primary N) is 1. The van der Waals surface area contributed by atoms with Gasteiger partial charge in [-0.05, 0) is 54.1 Å². The SMILES string of the molecule is CSc1sc(C(=N)N)cc1S(=O)(=O)c1cccc(-c2cc(C=O)ccc2C)c1. The van der Waals surface area contributed by atoms with Crippen molar-refractivity contribution in [1.82, 2.24) is 0 Å². The van der Waals surface area contributed by atoms with Crippen LogP contribution < -0.4 is 5.73 Å². The molecule has 1 aromatic heterocycles. The number of amidine groups is 1. The summed E-state index contributed by atoms with van der Waals surface area (Å²) in [7, 11) is -3.79. The maximum atomic E-state index is 13.3. The second-order valence-electron chi connectivity index (χ2n) is 6.10. The Balaban J connectivity index is 2.14. The number of rotatable bonds is 6. The zero-order valence-corrected chi connectivity index (χ0v) is 17.7. The first-order valence-corrected chi connectivity index (χ1v) is 11.7. The third-order valence-electron chi connectivity index (χ3n) is 4.26. The van der Waals surface area contributed by atoms with E-state index in [-0.39, 0.29) is 15.6 Å². The quantitative estimate of drug-likeness (QED) is 0.262. The minimum atomic E-state index is -3.79. The molecule has 0 radical (unpaired) electrons. The molecule has 0 saturated heterocycles. The zero-order chi connectivity index (χ0) is 20.5. The maximum Gasteiger partial charge on any atom is 0.208 e. The van der Waals surface area contributed by atoms with Gasteiger partial charge < -0.3 is 5.73 Å². The van der Waals surface area contributed by atoms with Crippen molar-refractivity contribution in [3.8, 4) is 11.1 Å². The fraction of sp³-hybridized carbons (Fsp3) is 0.100. The molecule has 0 aliphatic heterocycles. The van der Waals surface area contributed by atoms with Gasteiger partial charge in [0.1, 0.15) is 12.1 Å². The van der Waals surface area contributed by atoms with E-state index in [0.29, 0.717) is 14.6 Å². The van der Waals surface area contributed by atoms with Crippen LogP contribution in [0.1, 0.15) is 20.8 Å². The molecule has 0 unspecified atom stereocenters. The first kappa shape index (κ1) is 20.3. The Hall–Kier alpha value is -2.42. The largest absolute Gasteiger partial charge is 0.383 e. The van der Waals surface area contributed by atoms with Gasteiger partial charge in [-0.25, -0.2) is 8.42 Å². The summed E-state index contributed by atoms with van der Waals surface area (Å²) in [6.45, 7) is 1.91. The molecule has 0 spiro atoms. The van der Waals surface area contributed by atoms with Crippen LogP contribution in [0, 0.1) is 12.3 Å². The van der Waals surface area contributed by atoms with Crippen LogP contribution in [-0.4, -0.2) is 26.8 Å². The van der Waals surface area contributed by atoms with E-state index in [1.165, 1.54) is 29.2 Å². The second-order valence-corrected chi connectivity index (χ2v) is 10.1. The molecule has 2 aromatic carbocycles. The van der Waals surface area contributed by atoms with Crippen molar-refractivity contribution in [1.29, 1.82) is 5.41 Å². The van der Waals surface area contributed by atoms with Gasteiger partial charge in [-0.15, -0.1) is 23.1 Å². The van der Waals surface area contributed by atoms with Crippen LogP contribution in [-0.2, 0) is 9.84 Å². The Bertz CT molecular complexity index is 1180. The standard InChI is InChI=1S/C20H18N2O3S3/c1-12-6-7-13(11-23)8-16(12)14-4-3-5-15(9-14)28(24,25)18-10-17(19(21)22)27-20(18)26-2/h3-11H,1-2H3,(H3,21,22). The molecule has 0 saturated carbocycles. The van der Waals surface area contributed by atoms with Gasteiger partial charge in [-0.3, -0.25) is 10.2 Å². The van der Waals surface area contributed by atoms with Gasteiger partial charge in [0.2, 0.25) is 9.84 Å². The summed E-state index contributed by atoms with van der Waals surface area (Å²) in [6.07, 6.45) is 2.56. The Morgan fingerprint density at radius 3 is 2.57 bits per heavy atom. The summed E-state index contributed by atoms with van der Waals surface area (Å²) in [4.78, 5) is 11.9. The number of thioether (sulfide) groups is 1. The smallest absolute Gasteiger partial charge is 0.208 e. The monoisotopic (exact) mass is 430 g/mol. The van der Waals surface area contributed by atoms with Gasteiger partial charge in [0, 0.05) is 5.56 Å². The van der Waals surface area contributed by atoms with Crippen molar-refractivity contribution in [3.05, 3.63) is 64.5 Å². The minimum absolute atomic E-state index is 0.156. The predicted molar refractivity (Wildman–Crippen MR) is 115 cm³/mol. The van der Waals surface area contributed by atoms with Gasteiger partial charge in [0.25, 0.3) is 0 Å². The van der Waals surface area contributed by atoms with Crippen molar-refractivity contribution in [2.45, 2.75) is 20.9 Å². The summed E-state index contributed by atoms with van der Waals surface area (Å²) in [6, 6.07) is 13.4. The Morgan fingerprint density at radius 2 is 1.93 bits per heavy atom. The molecule has 0 bridgehead atoms. The lowest BCUT2D eigenvalue weighted by molar-refractivity contribution is 0.112.